The van der Waals surface area contributed by atoms with E-state index in [2.05, 4.69) is 4.84 Å². The number of hydrazine groups is 2. The van der Waals surface area contributed by atoms with Gasteiger partial charge in [0.1, 0.15) is 0 Å². The summed E-state index contributed by atoms with van der Waals surface area (Å²) in [7, 11) is 0. The number of nitrogens with one attached hydrogen (secondary N) is 1. The molecular weight excluding hydrogens is 164 g/mol. The predicted molar refractivity (Wildman–Crippen MR) is 39.7 cm³/mol. The molecule has 0 spiro atoms. The van der Waals surface area contributed by atoms with Crippen molar-refractivity contribution < 1.29 is 14.4 Å². The van der Waals surface area contributed by atoms with Crippen molar-refractivity contribution in [2.24, 2.45) is 17.6 Å². The summed E-state index contributed by atoms with van der Waals surface area (Å²) in [6.45, 7) is 3.22. The van der Waals surface area contributed by atoms with Crippen LogP contribution in [0, 0.1) is 5.92 Å². The van der Waals surface area contributed by atoms with Crippen LogP contribution in [0.2, 0.25) is 0 Å². The molecule has 0 unspecified atom stereocenters. The number of carbonyl (C=O) groups excluding carboxylic acids is 2. The molecule has 0 radical (unpaired) electrons. The minimum absolute atomic E-state index is 0.238. The Morgan fingerprint density at radius 2 is 2.00 bits per heavy atom. The Bertz CT molecular complexity index is 182. The number of rotatable bonds is 1. The molecule has 0 aliphatic heterocycles. The van der Waals surface area contributed by atoms with Crippen molar-refractivity contribution in [3.05, 3.63) is 0 Å². The highest BCUT2D eigenvalue weighted by atomic mass is 16.7. The third-order valence-electron chi connectivity index (χ3n) is 0.983. The van der Waals surface area contributed by atoms with E-state index >= 15 is 0 Å². The van der Waals surface area contributed by atoms with Gasteiger partial charge in [0, 0.05) is 0 Å². The van der Waals surface area contributed by atoms with Crippen molar-refractivity contribution in [3.63, 3.8) is 0 Å². The highest BCUT2D eigenvalue weighted by Gasteiger charge is 2.16. The van der Waals surface area contributed by atoms with Crippen LogP contribution in [-0.2, 0) is 9.63 Å². The van der Waals surface area contributed by atoms with Crippen molar-refractivity contribution >= 4 is 12.0 Å². The molecule has 0 heterocycles. The normalized spacial score (nSPS) is 9.42. The highest BCUT2D eigenvalue weighted by Crippen LogP contribution is 1.96. The van der Waals surface area contributed by atoms with Crippen molar-refractivity contribution in [1.82, 2.24) is 10.6 Å². The molecule has 70 valence electrons. The van der Waals surface area contributed by atoms with Gasteiger partial charge in [0.05, 0.1) is 5.92 Å². The SMILES string of the molecule is CC(C)C(=O)ON(N)C(=O)NN. The van der Waals surface area contributed by atoms with E-state index in [0.29, 0.717) is 0 Å². The molecule has 7 heteroatoms. The fraction of sp³-hybridized carbons (Fsp3) is 0.600. The molecule has 7 nitrogen and oxygen atoms in total. The van der Waals surface area contributed by atoms with E-state index in [9.17, 15) is 9.59 Å². The molecule has 0 saturated heterocycles. The summed E-state index contributed by atoms with van der Waals surface area (Å²) >= 11 is 0. The van der Waals surface area contributed by atoms with Gasteiger partial charge in [0.15, 0.2) is 0 Å². The van der Waals surface area contributed by atoms with E-state index < -0.39 is 12.0 Å². The zero-order chi connectivity index (χ0) is 9.72. The topological polar surface area (TPSA) is 111 Å². The molecule has 5 N–H and O–H groups in total. The van der Waals surface area contributed by atoms with Crippen LogP contribution in [-0.4, -0.2) is 17.2 Å². The Hall–Kier alpha value is -1.34. The molecule has 12 heavy (non-hydrogen) atoms. The molecule has 0 atom stereocenters. The van der Waals surface area contributed by atoms with Crippen LogP contribution in [0.15, 0.2) is 0 Å². The van der Waals surface area contributed by atoms with E-state index in [0.717, 1.165) is 0 Å². The molecule has 0 rings (SSSR count). The van der Waals surface area contributed by atoms with Gasteiger partial charge in [-0.15, -0.1) is 0 Å². The summed E-state index contributed by atoms with van der Waals surface area (Å²) in [5.41, 5.74) is 1.69. The second kappa shape index (κ2) is 4.52. The van der Waals surface area contributed by atoms with Crippen LogP contribution in [0.25, 0.3) is 0 Å². The van der Waals surface area contributed by atoms with E-state index in [1.165, 1.54) is 0 Å². The van der Waals surface area contributed by atoms with E-state index in [-0.39, 0.29) is 11.1 Å². The largest absolute Gasteiger partial charge is 0.380 e. The number of nitrogens with two attached hydrogens (primary N) is 2. The smallest absolute Gasteiger partial charge is 0.321 e. The van der Waals surface area contributed by atoms with Gasteiger partial charge in [-0.3, -0.25) is 5.43 Å². The predicted octanol–water partition coefficient (Wildman–Crippen LogP) is -1.14. The molecule has 0 bridgehead atoms. The second-order valence-electron chi connectivity index (χ2n) is 2.34. The summed E-state index contributed by atoms with van der Waals surface area (Å²) < 4.78 is 0. The van der Waals surface area contributed by atoms with Crippen LogP contribution in [0.4, 0.5) is 4.79 Å². The Labute approximate surface area is 69.5 Å². The highest BCUT2D eigenvalue weighted by molar-refractivity contribution is 5.76. The van der Waals surface area contributed by atoms with Gasteiger partial charge >= 0.3 is 12.0 Å². The average Bonchev–Trinajstić information content (AvgIpc) is 2.02. The molecule has 0 aliphatic rings. The van der Waals surface area contributed by atoms with Crippen LogP contribution < -0.4 is 17.1 Å². The number of hydrogen-bond acceptors (Lipinski definition) is 5. The zero-order valence-electron chi connectivity index (χ0n) is 6.90. The van der Waals surface area contributed by atoms with Gasteiger partial charge in [-0.1, -0.05) is 19.0 Å². The molecule has 0 aliphatic carbocycles. The monoisotopic (exact) mass is 176 g/mol. The van der Waals surface area contributed by atoms with Gasteiger partial charge in [-0.2, -0.15) is 0 Å². The van der Waals surface area contributed by atoms with Gasteiger partial charge in [0.2, 0.25) is 0 Å². The van der Waals surface area contributed by atoms with Gasteiger partial charge < -0.3 is 4.84 Å². The minimum atomic E-state index is -0.899. The number of hydrogen-bond donors (Lipinski definition) is 3. The molecule has 0 aromatic heterocycles. The summed E-state index contributed by atoms with van der Waals surface area (Å²) in [5, 5.41) is 0.238. The molecule has 0 aromatic carbocycles. The van der Waals surface area contributed by atoms with Crippen molar-refractivity contribution in [3.8, 4) is 0 Å². The number of amides is 2. The lowest BCUT2D eigenvalue weighted by molar-refractivity contribution is -0.181. The summed E-state index contributed by atoms with van der Waals surface area (Å²) in [5.74, 6) is 8.71. The lowest BCUT2D eigenvalue weighted by Gasteiger charge is -2.15. The van der Waals surface area contributed by atoms with E-state index in [4.69, 9.17) is 11.7 Å². The second-order valence-corrected chi connectivity index (χ2v) is 2.34. The maximum atomic E-state index is 10.8. The molecule has 0 aromatic rings. The van der Waals surface area contributed by atoms with Crippen LogP contribution in [0.5, 0.6) is 0 Å². The number of carbonyl (C=O) groups is 2. The molecule has 0 saturated carbocycles. The van der Waals surface area contributed by atoms with Crippen molar-refractivity contribution in [1.29, 1.82) is 0 Å². The fourth-order valence-electron chi connectivity index (χ4n) is 0.307. The first kappa shape index (κ1) is 10.7. The van der Waals surface area contributed by atoms with Gasteiger partial charge in [-0.25, -0.2) is 21.3 Å². The summed E-state index contributed by atoms with van der Waals surface area (Å²) in [6, 6.07) is -0.899. The molecule has 2 amide bonds. The third-order valence-corrected chi connectivity index (χ3v) is 0.983. The maximum Gasteiger partial charge on any atom is 0.380 e. The summed E-state index contributed by atoms with van der Waals surface area (Å²) in [4.78, 5) is 25.7. The van der Waals surface area contributed by atoms with E-state index in [1.807, 2.05) is 0 Å². The first-order valence-corrected chi connectivity index (χ1v) is 3.26. The number of nitrogens with zero attached hydrogens (tertiary/aromatic N) is 1. The quantitative estimate of drug-likeness (QED) is 0.265. The average molecular weight is 176 g/mol. The lowest BCUT2D eigenvalue weighted by Crippen LogP contribution is -2.48. The first-order valence-electron chi connectivity index (χ1n) is 3.26. The number of hydroxylamine groups is 1. The minimum Gasteiger partial charge on any atom is -0.321 e. The van der Waals surface area contributed by atoms with Crippen molar-refractivity contribution in [2.75, 3.05) is 0 Å². The Morgan fingerprint density at radius 3 is 2.33 bits per heavy atom. The van der Waals surface area contributed by atoms with Crippen LogP contribution >= 0.6 is 0 Å². The number of urea groups is 1. The first-order chi connectivity index (χ1) is 5.49. The third kappa shape index (κ3) is 3.17. The van der Waals surface area contributed by atoms with Crippen LogP contribution in [0.3, 0.4) is 0 Å². The molecular formula is C5H12N4O3. The maximum absolute atomic E-state index is 10.8. The Kier molecular flexibility index (Phi) is 4.02. The van der Waals surface area contributed by atoms with E-state index in [1.54, 1.807) is 19.3 Å². The van der Waals surface area contributed by atoms with Crippen molar-refractivity contribution in [2.45, 2.75) is 13.8 Å². The fourth-order valence-corrected chi connectivity index (χ4v) is 0.307. The lowest BCUT2D eigenvalue weighted by atomic mass is 10.2. The van der Waals surface area contributed by atoms with Gasteiger partial charge in [0.25, 0.3) is 0 Å². The van der Waals surface area contributed by atoms with Crippen LogP contribution in [0.1, 0.15) is 13.8 Å². The van der Waals surface area contributed by atoms with Gasteiger partial charge in [-0.05, 0) is 0 Å². The Balaban J connectivity index is 3.92. The standard InChI is InChI=1S/C5H12N4O3/c1-3(2)4(10)12-9(7)5(11)8-6/h3H,6-7H2,1-2H3,(H,8,11). The zero-order valence-corrected chi connectivity index (χ0v) is 6.90. The Morgan fingerprint density at radius 1 is 1.50 bits per heavy atom. The summed E-state index contributed by atoms with van der Waals surface area (Å²) in [6.07, 6.45) is 0. The molecule has 0 fully saturated rings.